The molecule has 0 aliphatic rings. The topological polar surface area (TPSA) is 148 Å². The quantitative estimate of drug-likeness (QED) is 0.323. The number of aromatic nitrogens is 6. The Kier molecular flexibility index (Phi) is 7.31. The van der Waals surface area contributed by atoms with Gasteiger partial charge in [0.1, 0.15) is 27.7 Å². The summed E-state index contributed by atoms with van der Waals surface area (Å²) in [4.78, 5) is 51.3. The molecule has 36 heavy (non-hydrogen) atoms. The average molecular weight is 524 g/mol. The predicted octanol–water partition coefficient (Wildman–Crippen LogP) is 4.27. The van der Waals surface area contributed by atoms with E-state index in [0.29, 0.717) is 20.8 Å². The van der Waals surface area contributed by atoms with Gasteiger partial charge < -0.3 is 10.6 Å². The van der Waals surface area contributed by atoms with Crippen molar-refractivity contribution in [2.45, 2.75) is 46.1 Å². The van der Waals surface area contributed by atoms with Gasteiger partial charge in [0.2, 0.25) is 5.95 Å². The van der Waals surface area contributed by atoms with E-state index in [9.17, 15) is 9.59 Å². The van der Waals surface area contributed by atoms with Gasteiger partial charge >= 0.3 is 0 Å². The normalized spacial score (nSPS) is 12.1. The highest BCUT2D eigenvalue weighted by Gasteiger charge is 2.22. The molecule has 0 aliphatic carbocycles. The molecule has 0 spiro atoms. The zero-order chi connectivity index (χ0) is 25.9. The highest BCUT2D eigenvalue weighted by atomic mass is 32.1. The minimum absolute atomic E-state index is 0.181. The molecule has 2 amide bonds. The Balaban J connectivity index is 1.40. The average Bonchev–Trinajstić information content (AvgIpc) is 3.52. The standard InChI is InChI=1S/C23H25N9O2S2/c1-12-9-26-21(31-17(12)23(3,4)5)32-19(34)15-10-25-20(36-15)13(2)29-18(33)14-8-16(28-11-27-14)30-22-24-6-7-35-22/h6-11,13H,1-5H3,(H,29,33)(H,24,27,28,30)(H,26,31,32,34). The Hall–Kier alpha value is -3.84. The van der Waals surface area contributed by atoms with Crippen molar-refractivity contribution < 1.29 is 9.59 Å². The second kappa shape index (κ2) is 10.4. The van der Waals surface area contributed by atoms with Gasteiger partial charge in [-0.15, -0.1) is 22.7 Å². The number of thiazole rings is 2. The van der Waals surface area contributed by atoms with Crippen LogP contribution in [-0.4, -0.2) is 41.7 Å². The van der Waals surface area contributed by atoms with Crippen molar-refractivity contribution in [3.63, 3.8) is 0 Å². The molecule has 186 valence electrons. The Morgan fingerprint density at radius 3 is 2.56 bits per heavy atom. The van der Waals surface area contributed by atoms with Crippen LogP contribution < -0.4 is 16.0 Å². The highest BCUT2D eigenvalue weighted by molar-refractivity contribution is 7.14. The fourth-order valence-electron chi connectivity index (χ4n) is 3.29. The summed E-state index contributed by atoms with van der Waals surface area (Å²) in [5.41, 5.74) is 1.83. The van der Waals surface area contributed by atoms with Crippen molar-refractivity contribution in [1.82, 2.24) is 35.2 Å². The number of carbonyl (C=O) groups excluding carboxylic acids is 2. The van der Waals surface area contributed by atoms with Crippen LogP contribution in [0.15, 0.2) is 36.4 Å². The van der Waals surface area contributed by atoms with Crippen LogP contribution in [0.25, 0.3) is 0 Å². The van der Waals surface area contributed by atoms with Crippen molar-refractivity contribution in [2.75, 3.05) is 10.6 Å². The zero-order valence-corrected chi connectivity index (χ0v) is 22.0. The molecule has 11 nitrogen and oxygen atoms in total. The fourth-order valence-corrected chi connectivity index (χ4v) is 4.65. The number of rotatable bonds is 7. The molecule has 0 radical (unpaired) electrons. The maximum absolute atomic E-state index is 12.8. The Morgan fingerprint density at radius 1 is 1.03 bits per heavy atom. The van der Waals surface area contributed by atoms with Gasteiger partial charge in [-0.2, -0.15) is 0 Å². The Bertz CT molecular complexity index is 1380. The third-order valence-corrected chi connectivity index (χ3v) is 6.81. The number of nitrogens with one attached hydrogen (secondary N) is 3. The number of hydrogen-bond donors (Lipinski definition) is 3. The number of nitrogens with zero attached hydrogens (tertiary/aromatic N) is 6. The second-order valence-corrected chi connectivity index (χ2v) is 10.9. The molecular weight excluding hydrogens is 498 g/mol. The maximum Gasteiger partial charge on any atom is 0.270 e. The minimum Gasteiger partial charge on any atom is -0.342 e. The van der Waals surface area contributed by atoms with E-state index in [2.05, 4.69) is 66.6 Å². The molecule has 4 aromatic heterocycles. The SMILES string of the molecule is Cc1cnc(NC(=O)c2cnc(C(C)NC(=O)c3cc(Nc4nccs4)ncn3)s2)nc1C(C)(C)C. The number of hydrogen-bond acceptors (Lipinski definition) is 11. The van der Waals surface area contributed by atoms with Crippen LogP contribution in [0.1, 0.15) is 70.2 Å². The molecule has 0 aromatic carbocycles. The summed E-state index contributed by atoms with van der Waals surface area (Å²) in [6.45, 7) is 9.89. The van der Waals surface area contributed by atoms with E-state index >= 15 is 0 Å². The first-order valence-electron chi connectivity index (χ1n) is 11.0. The molecule has 13 heteroatoms. The lowest BCUT2D eigenvalue weighted by molar-refractivity contribution is 0.0934. The van der Waals surface area contributed by atoms with Crippen LogP contribution in [0.2, 0.25) is 0 Å². The summed E-state index contributed by atoms with van der Waals surface area (Å²) in [7, 11) is 0. The first-order chi connectivity index (χ1) is 17.1. The lowest BCUT2D eigenvalue weighted by atomic mass is 9.89. The molecular formula is C23H25N9O2S2. The second-order valence-electron chi connectivity index (χ2n) is 8.94. The molecule has 4 rings (SSSR count). The summed E-state index contributed by atoms with van der Waals surface area (Å²) < 4.78 is 0. The Morgan fingerprint density at radius 2 is 1.83 bits per heavy atom. The Labute approximate surface area is 215 Å². The van der Waals surface area contributed by atoms with Crippen molar-refractivity contribution in [3.05, 3.63) is 63.2 Å². The third kappa shape index (κ3) is 6.04. The summed E-state index contributed by atoms with van der Waals surface area (Å²) in [5.74, 6) is -0.0672. The van der Waals surface area contributed by atoms with Gasteiger partial charge in [0, 0.05) is 29.3 Å². The van der Waals surface area contributed by atoms with Crippen LogP contribution >= 0.6 is 22.7 Å². The summed E-state index contributed by atoms with van der Waals surface area (Å²) in [5, 5.41) is 11.7. The summed E-state index contributed by atoms with van der Waals surface area (Å²) in [6, 6.07) is 1.09. The molecule has 4 heterocycles. The van der Waals surface area contributed by atoms with E-state index in [0.717, 1.165) is 11.3 Å². The molecule has 1 unspecified atom stereocenters. The molecule has 4 aromatic rings. The predicted molar refractivity (Wildman–Crippen MR) is 139 cm³/mol. The molecule has 0 saturated heterocycles. The van der Waals surface area contributed by atoms with Gasteiger partial charge in [-0.05, 0) is 19.4 Å². The molecule has 0 bridgehead atoms. The van der Waals surface area contributed by atoms with E-state index in [1.165, 1.54) is 41.3 Å². The van der Waals surface area contributed by atoms with Crippen LogP contribution in [0.4, 0.5) is 16.9 Å². The first-order valence-corrected chi connectivity index (χ1v) is 12.7. The van der Waals surface area contributed by atoms with Gasteiger partial charge in [0.15, 0.2) is 5.13 Å². The first kappa shape index (κ1) is 25.3. The van der Waals surface area contributed by atoms with E-state index in [1.54, 1.807) is 19.3 Å². The van der Waals surface area contributed by atoms with Crippen LogP contribution in [0, 0.1) is 6.92 Å². The smallest absolute Gasteiger partial charge is 0.270 e. The highest BCUT2D eigenvalue weighted by Crippen LogP contribution is 2.25. The van der Waals surface area contributed by atoms with E-state index in [4.69, 9.17) is 0 Å². The number of aryl methyl sites for hydroxylation is 1. The molecule has 0 saturated carbocycles. The summed E-state index contributed by atoms with van der Waals surface area (Å²) >= 11 is 2.60. The van der Waals surface area contributed by atoms with Gasteiger partial charge in [0.25, 0.3) is 11.8 Å². The van der Waals surface area contributed by atoms with E-state index < -0.39 is 11.9 Å². The van der Waals surface area contributed by atoms with E-state index in [-0.39, 0.29) is 23.0 Å². The molecule has 3 N–H and O–H groups in total. The van der Waals surface area contributed by atoms with Gasteiger partial charge in [-0.25, -0.2) is 29.9 Å². The van der Waals surface area contributed by atoms with Crippen LogP contribution in [-0.2, 0) is 5.41 Å². The molecule has 1 atom stereocenters. The van der Waals surface area contributed by atoms with Gasteiger partial charge in [0.05, 0.1) is 17.9 Å². The number of anilines is 3. The van der Waals surface area contributed by atoms with Gasteiger partial charge in [-0.3, -0.25) is 14.9 Å². The van der Waals surface area contributed by atoms with Crippen LogP contribution in [0.5, 0.6) is 0 Å². The monoisotopic (exact) mass is 523 g/mol. The van der Waals surface area contributed by atoms with E-state index in [1.807, 2.05) is 12.3 Å². The van der Waals surface area contributed by atoms with Crippen molar-refractivity contribution in [2.24, 2.45) is 0 Å². The van der Waals surface area contributed by atoms with Crippen molar-refractivity contribution in [1.29, 1.82) is 0 Å². The lowest BCUT2D eigenvalue weighted by Gasteiger charge is -2.20. The van der Waals surface area contributed by atoms with Crippen molar-refractivity contribution in [3.8, 4) is 0 Å². The minimum atomic E-state index is -0.447. The fraction of sp³-hybridized carbons (Fsp3) is 0.304. The molecule has 0 fully saturated rings. The number of amides is 2. The maximum atomic E-state index is 12.8. The largest absolute Gasteiger partial charge is 0.342 e. The zero-order valence-electron chi connectivity index (χ0n) is 20.4. The summed E-state index contributed by atoms with van der Waals surface area (Å²) in [6.07, 6.45) is 6.14. The molecule has 0 aliphatic heterocycles. The lowest BCUT2D eigenvalue weighted by Crippen LogP contribution is -2.27. The van der Waals surface area contributed by atoms with Crippen LogP contribution in [0.3, 0.4) is 0 Å². The van der Waals surface area contributed by atoms with Gasteiger partial charge in [-0.1, -0.05) is 20.8 Å². The van der Waals surface area contributed by atoms with Crippen molar-refractivity contribution >= 4 is 51.4 Å². The third-order valence-electron chi connectivity index (χ3n) is 4.94. The number of carbonyl (C=O) groups is 2.